The minimum Gasteiger partial charge on any atom is -0.497 e. The molecule has 0 amide bonds. The molecule has 0 aliphatic heterocycles. The number of hydrogen-bond acceptors (Lipinski definition) is 4. The van der Waals surface area contributed by atoms with Gasteiger partial charge in [0.05, 0.1) is 18.0 Å². The number of benzene rings is 3. The maximum atomic E-state index is 12.4. The molecular weight excluding hydrogens is 344 g/mol. The summed E-state index contributed by atoms with van der Waals surface area (Å²) in [5, 5.41) is 0.594. The van der Waals surface area contributed by atoms with Crippen LogP contribution in [0.2, 0.25) is 0 Å². The summed E-state index contributed by atoms with van der Waals surface area (Å²) >= 11 is 1.62. The fraction of sp³-hybridized carbons (Fsp3) is 0.0476. The molecule has 0 saturated heterocycles. The average molecular weight is 360 g/mol. The Balaban J connectivity index is 1.77. The largest absolute Gasteiger partial charge is 0.497 e. The molecule has 0 bridgehead atoms. The normalized spacial score (nSPS) is 10.8. The SMILES string of the molecule is COc1ccc(Sc2ccccc2-c2nc3ccccc3c(=O)[nH]2)cc1. The Labute approximate surface area is 154 Å². The van der Waals surface area contributed by atoms with Crippen LogP contribution in [-0.2, 0) is 0 Å². The third-order valence-corrected chi connectivity index (χ3v) is 5.13. The van der Waals surface area contributed by atoms with Gasteiger partial charge in [0.1, 0.15) is 11.6 Å². The van der Waals surface area contributed by atoms with E-state index in [1.165, 1.54) is 0 Å². The average Bonchev–Trinajstić information content (AvgIpc) is 2.69. The summed E-state index contributed by atoms with van der Waals surface area (Å²) in [5.41, 5.74) is 1.46. The quantitative estimate of drug-likeness (QED) is 0.571. The van der Waals surface area contributed by atoms with E-state index in [1.54, 1.807) is 24.9 Å². The first-order chi connectivity index (χ1) is 12.7. The lowest BCUT2D eigenvalue weighted by atomic mass is 10.2. The van der Waals surface area contributed by atoms with E-state index in [0.717, 1.165) is 21.1 Å². The monoisotopic (exact) mass is 360 g/mol. The van der Waals surface area contributed by atoms with E-state index in [1.807, 2.05) is 66.7 Å². The van der Waals surface area contributed by atoms with Crippen molar-refractivity contribution in [3.63, 3.8) is 0 Å². The minimum atomic E-state index is -0.130. The van der Waals surface area contributed by atoms with E-state index in [9.17, 15) is 4.79 Å². The molecular formula is C21H16N2O2S. The van der Waals surface area contributed by atoms with Crippen molar-refractivity contribution in [2.24, 2.45) is 0 Å². The number of rotatable bonds is 4. The molecule has 0 saturated carbocycles. The fourth-order valence-electron chi connectivity index (χ4n) is 2.74. The summed E-state index contributed by atoms with van der Waals surface area (Å²) in [6.45, 7) is 0. The maximum absolute atomic E-state index is 12.4. The molecule has 0 radical (unpaired) electrons. The molecule has 4 rings (SSSR count). The number of nitrogens with zero attached hydrogens (tertiary/aromatic N) is 1. The zero-order chi connectivity index (χ0) is 17.9. The van der Waals surface area contributed by atoms with E-state index in [4.69, 9.17) is 4.74 Å². The second-order valence-corrected chi connectivity index (χ2v) is 6.82. The number of aromatic amines is 1. The van der Waals surface area contributed by atoms with Crippen LogP contribution in [0.1, 0.15) is 0 Å². The number of aromatic nitrogens is 2. The first kappa shape index (κ1) is 16.4. The highest BCUT2D eigenvalue weighted by atomic mass is 32.2. The molecule has 0 aliphatic rings. The second kappa shape index (κ2) is 7.06. The van der Waals surface area contributed by atoms with Crippen LogP contribution in [0.3, 0.4) is 0 Å². The fourth-order valence-corrected chi connectivity index (χ4v) is 3.68. The van der Waals surface area contributed by atoms with Gasteiger partial charge in [-0.1, -0.05) is 42.1 Å². The van der Waals surface area contributed by atoms with E-state index < -0.39 is 0 Å². The Morgan fingerprint density at radius 1 is 0.923 bits per heavy atom. The molecule has 1 heterocycles. The van der Waals surface area contributed by atoms with Gasteiger partial charge < -0.3 is 9.72 Å². The van der Waals surface area contributed by atoms with Gasteiger partial charge in [-0.05, 0) is 42.5 Å². The van der Waals surface area contributed by atoms with Gasteiger partial charge in [-0.2, -0.15) is 0 Å². The van der Waals surface area contributed by atoms with Gasteiger partial charge in [-0.25, -0.2) is 4.98 Å². The molecule has 4 nitrogen and oxygen atoms in total. The van der Waals surface area contributed by atoms with Crippen LogP contribution in [-0.4, -0.2) is 17.1 Å². The number of hydrogen-bond donors (Lipinski definition) is 1. The molecule has 0 atom stereocenters. The lowest BCUT2D eigenvalue weighted by molar-refractivity contribution is 0.414. The van der Waals surface area contributed by atoms with E-state index in [-0.39, 0.29) is 5.56 Å². The Kier molecular flexibility index (Phi) is 4.46. The van der Waals surface area contributed by atoms with Crippen molar-refractivity contribution in [2.45, 2.75) is 9.79 Å². The number of ether oxygens (including phenoxy) is 1. The highest BCUT2D eigenvalue weighted by molar-refractivity contribution is 7.99. The summed E-state index contributed by atoms with van der Waals surface area (Å²) in [7, 11) is 1.65. The molecule has 26 heavy (non-hydrogen) atoms. The highest BCUT2D eigenvalue weighted by Gasteiger charge is 2.11. The first-order valence-corrected chi connectivity index (χ1v) is 8.96. The number of fused-ring (bicyclic) bond motifs is 1. The number of methoxy groups -OCH3 is 1. The van der Waals surface area contributed by atoms with E-state index in [2.05, 4.69) is 9.97 Å². The molecule has 0 aliphatic carbocycles. The molecule has 1 aromatic heterocycles. The first-order valence-electron chi connectivity index (χ1n) is 8.15. The zero-order valence-electron chi connectivity index (χ0n) is 14.1. The predicted molar refractivity (Wildman–Crippen MR) is 105 cm³/mol. The van der Waals surface area contributed by atoms with Gasteiger partial charge in [0.15, 0.2) is 0 Å². The van der Waals surface area contributed by atoms with Crippen LogP contribution >= 0.6 is 11.8 Å². The van der Waals surface area contributed by atoms with Crippen molar-refractivity contribution in [3.05, 3.63) is 83.2 Å². The summed E-state index contributed by atoms with van der Waals surface area (Å²) in [6.07, 6.45) is 0. The molecule has 1 N–H and O–H groups in total. The summed E-state index contributed by atoms with van der Waals surface area (Å²) < 4.78 is 5.21. The summed E-state index contributed by atoms with van der Waals surface area (Å²) in [6, 6.07) is 23.2. The van der Waals surface area contributed by atoms with Crippen LogP contribution in [0.25, 0.3) is 22.3 Å². The molecule has 5 heteroatoms. The Morgan fingerprint density at radius 3 is 2.46 bits per heavy atom. The highest BCUT2D eigenvalue weighted by Crippen LogP contribution is 2.35. The number of H-pyrrole nitrogens is 1. The van der Waals surface area contributed by atoms with Gasteiger partial charge in [-0.15, -0.1) is 0 Å². The van der Waals surface area contributed by atoms with Crippen LogP contribution in [0.5, 0.6) is 5.75 Å². The van der Waals surface area contributed by atoms with Gasteiger partial charge in [0, 0.05) is 15.4 Å². The smallest absolute Gasteiger partial charge is 0.259 e. The Bertz CT molecular complexity index is 1120. The molecule has 0 fully saturated rings. The molecule has 4 aromatic rings. The lowest BCUT2D eigenvalue weighted by Crippen LogP contribution is -2.09. The molecule has 0 unspecified atom stereocenters. The van der Waals surface area contributed by atoms with Crippen molar-refractivity contribution in [3.8, 4) is 17.1 Å². The van der Waals surface area contributed by atoms with Crippen molar-refractivity contribution in [2.75, 3.05) is 7.11 Å². The van der Waals surface area contributed by atoms with Crippen LogP contribution in [0.4, 0.5) is 0 Å². The topological polar surface area (TPSA) is 55.0 Å². The van der Waals surface area contributed by atoms with Crippen LogP contribution in [0.15, 0.2) is 87.4 Å². The van der Waals surface area contributed by atoms with Gasteiger partial charge in [-0.3, -0.25) is 4.79 Å². The molecule has 3 aromatic carbocycles. The molecule has 128 valence electrons. The van der Waals surface area contributed by atoms with Crippen molar-refractivity contribution in [1.82, 2.24) is 9.97 Å². The van der Waals surface area contributed by atoms with Gasteiger partial charge in [0.2, 0.25) is 0 Å². The lowest BCUT2D eigenvalue weighted by Gasteiger charge is -2.10. The molecule has 0 spiro atoms. The summed E-state index contributed by atoms with van der Waals surface area (Å²) in [4.78, 5) is 22.1. The second-order valence-electron chi connectivity index (χ2n) is 5.71. The zero-order valence-corrected chi connectivity index (χ0v) is 14.9. The Hall–Kier alpha value is -3.05. The standard InChI is InChI=1S/C21H16N2O2S/c1-25-14-10-12-15(13-11-14)26-19-9-5-3-7-17(19)20-22-18-8-4-2-6-16(18)21(24)23-20/h2-13H,1H3,(H,22,23,24). The number of para-hydroxylation sites is 1. The van der Waals surface area contributed by atoms with Crippen molar-refractivity contribution >= 4 is 22.7 Å². The van der Waals surface area contributed by atoms with E-state index >= 15 is 0 Å². The maximum Gasteiger partial charge on any atom is 0.259 e. The van der Waals surface area contributed by atoms with Crippen molar-refractivity contribution < 1.29 is 4.74 Å². The Morgan fingerprint density at radius 2 is 1.65 bits per heavy atom. The number of nitrogens with one attached hydrogen (secondary N) is 1. The van der Waals surface area contributed by atoms with Gasteiger partial charge >= 0.3 is 0 Å². The summed E-state index contributed by atoms with van der Waals surface area (Å²) in [5.74, 6) is 1.40. The van der Waals surface area contributed by atoms with Crippen molar-refractivity contribution in [1.29, 1.82) is 0 Å². The van der Waals surface area contributed by atoms with Crippen LogP contribution < -0.4 is 10.3 Å². The predicted octanol–water partition coefficient (Wildman–Crippen LogP) is 4.75. The third kappa shape index (κ3) is 3.21. The third-order valence-electron chi connectivity index (χ3n) is 4.04. The van der Waals surface area contributed by atoms with Gasteiger partial charge in [0.25, 0.3) is 5.56 Å². The van der Waals surface area contributed by atoms with E-state index in [0.29, 0.717) is 16.7 Å². The minimum absolute atomic E-state index is 0.130. The van der Waals surface area contributed by atoms with Crippen LogP contribution in [0, 0.1) is 0 Å².